The van der Waals surface area contributed by atoms with Crippen molar-refractivity contribution in [3.63, 3.8) is 0 Å². The van der Waals surface area contributed by atoms with Crippen LogP contribution < -0.4 is 0 Å². The summed E-state index contributed by atoms with van der Waals surface area (Å²) in [6.07, 6.45) is 3.74. The Kier molecular flexibility index (Phi) is 3.03. The molecule has 2 heteroatoms. The molecular weight excluding hydrogens is 164 g/mol. The largest absolute Gasteiger partial charge is 0.390 e. The Labute approximate surface area is 81.3 Å². The molecule has 0 unspecified atom stereocenters. The van der Waals surface area contributed by atoms with Gasteiger partial charge in [0.25, 0.3) is 0 Å². The van der Waals surface area contributed by atoms with Crippen molar-refractivity contribution in [2.45, 2.75) is 57.7 Å². The first-order valence-corrected chi connectivity index (χ1v) is 5.14. The molecule has 1 fully saturated rings. The maximum absolute atomic E-state index is 9.98. The van der Waals surface area contributed by atoms with Crippen LogP contribution in [0.1, 0.15) is 46.5 Å². The van der Waals surface area contributed by atoms with E-state index in [1.807, 2.05) is 0 Å². The molecule has 0 radical (unpaired) electrons. The second-order valence-electron chi connectivity index (χ2n) is 5.20. The minimum atomic E-state index is -0.380. The smallest absolute Gasteiger partial charge is 0.0654 e. The summed E-state index contributed by atoms with van der Waals surface area (Å²) in [5, 5.41) is 9.98. The molecule has 1 rings (SSSR count). The van der Waals surface area contributed by atoms with Crippen LogP contribution in [0.3, 0.4) is 0 Å². The van der Waals surface area contributed by atoms with Gasteiger partial charge in [0.15, 0.2) is 0 Å². The molecule has 0 aromatic carbocycles. The van der Waals surface area contributed by atoms with Crippen molar-refractivity contribution in [1.29, 1.82) is 0 Å². The van der Waals surface area contributed by atoms with E-state index in [1.165, 1.54) is 0 Å². The SMILES string of the molecule is COC(C)(C)CCC1(O)CC(C)C1. The van der Waals surface area contributed by atoms with Gasteiger partial charge in [-0.05, 0) is 45.4 Å². The highest BCUT2D eigenvalue weighted by Crippen LogP contribution is 2.41. The maximum atomic E-state index is 9.98. The number of hydrogen-bond acceptors (Lipinski definition) is 2. The summed E-state index contributed by atoms with van der Waals surface area (Å²) in [6, 6.07) is 0. The fourth-order valence-electron chi connectivity index (χ4n) is 2.08. The van der Waals surface area contributed by atoms with Gasteiger partial charge in [0.1, 0.15) is 0 Å². The Morgan fingerprint density at radius 3 is 2.38 bits per heavy atom. The molecule has 0 aromatic heterocycles. The highest BCUT2D eigenvalue weighted by molar-refractivity contribution is 4.93. The molecule has 1 aliphatic rings. The monoisotopic (exact) mass is 186 g/mol. The van der Waals surface area contributed by atoms with Crippen molar-refractivity contribution in [2.75, 3.05) is 7.11 Å². The average Bonchev–Trinajstić information content (AvgIpc) is 1.99. The average molecular weight is 186 g/mol. The van der Waals surface area contributed by atoms with Gasteiger partial charge in [0.2, 0.25) is 0 Å². The fourth-order valence-corrected chi connectivity index (χ4v) is 2.08. The number of aliphatic hydroxyl groups is 1. The Hall–Kier alpha value is -0.0800. The zero-order valence-corrected chi connectivity index (χ0v) is 9.26. The van der Waals surface area contributed by atoms with Crippen LogP contribution in [0.5, 0.6) is 0 Å². The van der Waals surface area contributed by atoms with Gasteiger partial charge in [-0.1, -0.05) is 6.92 Å². The van der Waals surface area contributed by atoms with Gasteiger partial charge < -0.3 is 9.84 Å². The van der Waals surface area contributed by atoms with Crippen LogP contribution in [0.15, 0.2) is 0 Å². The summed E-state index contributed by atoms with van der Waals surface area (Å²) in [5.74, 6) is 0.704. The van der Waals surface area contributed by atoms with E-state index in [4.69, 9.17) is 4.74 Å². The molecule has 0 heterocycles. The van der Waals surface area contributed by atoms with Crippen LogP contribution >= 0.6 is 0 Å². The highest BCUT2D eigenvalue weighted by atomic mass is 16.5. The molecule has 2 nitrogen and oxygen atoms in total. The first-order valence-electron chi connectivity index (χ1n) is 5.14. The van der Waals surface area contributed by atoms with Crippen molar-refractivity contribution < 1.29 is 9.84 Å². The lowest BCUT2D eigenvalue weighted by molar-refractivity contribution is -0.0918. The number of rotatable bonds is 4. The van der Waals surface area contributed by atoms with Crippen molar-refractivity contribution in [3.8, 4) is 0 Å². The topological polar surface area (TPSA) is 29.5 Å². The van der Waals surface area contributed by atoms with Gasteiger partial charge in [-0.2, -0.15) is 0 Å². The molecular formula is C11H22O2. The van der Waals surface area contributed by atoms with E-state index in [-0.39, 0.29) is 11.2 Å². The highest BCUT2D eigenvalue weighted by Gasteiger charge is 2.40. The summed E-state index contributed by atoms with van der Waals surface area (Å²) < 4.78 is 5.32. The third-order valence-corrected chi connectivity index (χ3v) is 3.20. The molecule has 0 aliphatic heterocycles. The molecule has 0 saturated heterocycles. The van der Waals surface area contributed by atoms with Gasteiger partial charge in [-0.3, -0.25) is 0 Å². The number of methoxy groups -OCH3 is 1. The van der Waals surface area contributed by atoms with Crippen molar-refractivity contribution in [3.05, 3.63) is 0 Å². The van der Waals surface area contributed by atoms with E-state index in [9.17, 15) is 5.11 Å². The van der Waals surface area contributed by atoms with Crippen LogP contribution in [0, 0.1) is 5.92 Å². The van der Waals surface area contributed by atoms with Crippen LogP contribution in [-0.4, -0.2) is 23.4 Å². The summed E-state index contributed by atoms with van der Waals surface area (Å²) in [7, 11) is 1.73. The molecule has 0 aromatic rings. The number of hydrogen-bond donors (Lipinski definition) is 1. The van der Waals surface area contributed by atoms with Crippen LogP contribution in [0.4, 0.5) is 0 Å². The van der Waals surface area contributed by atoms with Gasteiger partial charge in [-0.25, -0.2) is 0 Å². The molecule has 78 valence electrons. The second-order valence-corrected chi connectivity index (χ2v) is 5.20. The van der Waals surface area contributed by atoms with Crippen molar-refractivity contribution >= 4 is 0 Å². The molecule has 0 atom stereocenters. The van der Waals surface area contributed by atoms with E-state index in [0.29, 0.717) is 5.92 Å². The third kappa shape index (κ3) is 2.96. The van der Waals surface area contributed by atoms with Crippen LogP contribution in [0.2, 0.25) is 0 Å². The van der Waals surface area contributed by atoms with Crippen molar-refractivity contribution in [1.82, 2.24) is 0 Å². The predicted octanol–water partition coefficient (Wildman–Crippen LogP) is 2.35. The number of ether oxygens (including phenoxy) is 1. The van der Waals surface area contributed by atoms with Crippen molar-refractivity contribution in [2.24, 2.45) is 5.92 Å². The molecule has 13 heavy (non-hydrogen) atoms. The normalized spacial score (nSPS) is 34.4. The molecule has 0 amide bonds. The van der Waals surface area contributed by atoms with E-state index in [2.05, 4.69) is 20.8 Å². The van der Waals surface area contributed by atoms with E-state index < -0.39 is 0 Å². The molecule has 1 aliphatic carbocycles. The van der Waals surface area contributed by atoms with E-state index in [1.54, 1.807) is 7.11 Å². The summed E-state index contributed by atoms with van der Waals surface area (Å²) in [6.45, 7) is 6.33. The molecule has 1 N–H and O–H groups in total. The van der Waals surface area contributed by atoms with Gasteiger partial charge in [0.05, 0.1) is 11.2 Å². The van der Waals surface area contributed by atoms with Crippen LogP contribution in [-0.2, 0) is 4.74 Å². The summed E-state index contributed by atoms with van der Waals surface area (Å²) >= 11 is 0. The quantitative estimate of drug-likeness (QED) is 0.730. The maximum Gasteiger partial charge on any atom is 0.0654 e. The van der Waals surface area contributed by atoms with E-state index in [0.717, 1.165) is 25.7 Å². The minimum Gasteiger partial charge on any atom is -0.390 e. The Morgan fingerprint density at radius 1 is 1.46 bits per heavy atom. The second kappa shape index (κ2) is 3.58. The fraction of sp³-hybridized carbons (Fsp3) is 1.00. The minimum absolute atomic E-state index is 0.0887. The lowest BCUT2D eigenvalue weighted by Crippen LogP contribution is -2.44. The first kappa shape index (κ1) is 11.0. The third-order valence-electron chi connectivity index (χ3n) is 3.20. The van der Waals surface area contributed by atoms with Gasteiger partial charge in [0, 0.05) is 7.11 Å². The Morgan fingerprint density at radius 2 is 2.00 bits per heavy atom. The standard InChI is InChI=1S/C11H22O2/c1-9-7-11(12,8-9)6-5-10(2,3)13-4/h9,12H,5-8H2,1-4H3. The predicted molar refractivity (Wildman–Crippen MR) is 53.7 cm³/mol. The van der Waals surface area contributed by atoms with Crippen LogP contribution in [0.25, 0.3) is 0 Å². The zero-order chi connectivity index (χ0) is 10.1. The van der Waals surface area contributed by atoms with E-state index >= 15 is 0 Å². The Balaban J connectivity index is 2.27. The molecule has 1 saturated carbocycles. The first-order chi connectivity index (χ1) is 5.87. The summed E-state index contributed by atoms with van der Waals surface area (Å²) in [5.41, 5.74) is -0.468. The Bertz CT molecular complexity index is 169. The lowest BCUT2D eigenvalue weighted by atomic mass is 9.69. The molecule has 0 spiro atoms. The molecule has 0 bridgehead atoms. The van der Waals surface area contributed by atoms with Gasteiger partial charge in [-0.15, -0.1) is 0 Å². The van der Waals surface area contributed by atoms with Gasteiger partial charge >= 0.3 is 0 Å². The lowest BCUT2D eigenvalue weighted by Gasteiger charge is -2.43. The zero-order valence-electron chi connectivity index (χ0n) is 9.26. The summed E-state index contributed by atoms with van der Waals surface area (Å²) in [4.78, 5) is 0.